The lowest BCUT2D eigenvalue weighted by molar-refractivity contribution is 1.18. The zero-order valence-corrected chi connectivity index (χ0v) is 53.9. The van der Waals surface area contributed by atoms with Crippen molar-refractivity contribution < 1.29 is 0 Å². The van der Waals surface area contributed by atoms with Crippen molar-refractivity contribution in [1.82, 2.24) is 9.13 Å². The van der Waals surface area contributed by atoms with Crippen LogP contribution in [0.4, 0.5) is 28.4 Å². The van der Waals surface area contributed by atoms with Crippen molar-refractivity contribution in [3.8, 4) is 100 Å². The van der Waals surface area contributed by atoms with Gasteiger partial charge in [0, 0.05) is 50.0 Å². The lowest BCUT2D eigenvalue weighted by atomic mass is 9.96. The minimum absolute atomic E-state index is 1.09. The molecule has 4 nitrogen and oxygen atoms in total. The zero-order chi connectivity index (χ0) is 62.9. The standard InChI is InChI=1S/C90H59IN4/c91-95-81-48-36-66(37-49-81)61-18-16-60(17-19-61)64-32-44-79(45-33-64)92(76-10-4-1-5-11-76)80-46-34-65(35-47-80)62-20-24-68(25-21-62)72-40-52-87-83(56-72)85-58-74(42-54-89(85)93(87)77-12-6-2-7-13-77)70-28-30-71(31-29-70)75-43-55-90-86(59-75)84-57-73(41-53-88(84)94(90)78-14-8-3-9-15-78)69-26-22-63(23-27-69)67-38-50-82(95)51-39-67/h1-59H. The van der Waals surface area contributed by atoms with E-state index < -0.39 is 0 Å². The molecule has 0 amide bonds. The number of hydrogen-bond donors (Lipinski definition) is 0. The predicted molar refractivity (Wildman–Crippen MR) is 409 cm³/mol. The molecule has 12 aliphatic heterocycles. The van der Waals surface area contributed by atoms with Gasteiger partial charge in [-0.3, -0.25) is 3.11 Å². The first-order valence-electron chi connectivity index (χ1n) is 32.4. The van der Waals surface area contributed by atoms with Crippen LogP contribution in [0.1, 0.15) is 0 Å². The second kappa shape index (κ2) is 23.4. The fourth-order valence-corrected chi connectivity index (χ4v) is 14.9. The second-order valence-electron chi connectivity index (χ2n) is 24.7. The Kier molecular flexibility index (Phi) is 13.8. The molecule has 17 aromatic rings. The third-order valence-electron chi connectivity index (χ3n) is 19.2. The molecule has 0 atom stereocenters. The first-order valence-corrected chi connectivity index (χ1v) is 33.3. The Hall–Kier alpha value is -11.8. The Morgan fingerprint density at radius 1 is 0.158 bits per heavy atom. The first-order chi connectivity index (χ1) is 47.0. The molecule has 0 unspecified atom stereocenters. The zero-order valence-electron chi connectivity index (χ0n) is 51.7. The lowest BCUT2D eigenvalue weighted by Crippen LogP contribution is -2.09. The van der Waals surface area contributed by atoms with E-state index in [1.165, 1.54) is 127 Å². The largest absolute Gasteiger partial charge is 0.311 e. The summed E-state index contributed by atoms with van der Waals surface area (Å²) in [7, 11) is 0. The van der Waals surface area contributed by atoms with E-state index in [1.54, 1.807) is 0 Å². The molecule has 95 heavy (non-hydrogen) atoms. The molecular weight excluding hydrogens is 1260 g/mol. The van der Waals surface area contributed by atoms with Crippen LogP contribution < -0.4 is 8.01 Å². The average Bonchev–Trinajstić information content (AvgIpc) is 1.60. The molecule has 0 fully saturated rings. The van der Waals surface area contributed by atoms with Crippen LogP contribution in [0.5, 0.6) is 0 Å². The molecule has 15 aromatic carbocycles. The van der Waals surface area contributed by atoms with Crippen LogP contribution in [0.3, 0.4) is 0 Å². The Morgan fingerprint density at radius 2 is 0.337 bits per heavy atom. The number of halogens is 1. The highest BCUT2D eigenvalue weighted by atomic mass is 127. The van der Waals surface area contributed by atoms with Gasteiger partial charge in [0.25, 0.3) is 0 Å². The molecule has 24 bridgehead atoms. The van der Waals surface area contributed by atoms with Gasteiger partial charge in [-0.15, -0.1) is 0 Å². The van der Waals surface area contributed by atoms with Crippen molar-refractivity contribution in [2.45, 2.75) is 0 Å². The van der Waals surface area contributed by atoms with Crippen molar-refractivity contribution in [3.63, 3.8) is 0 Å². The number of nitrogens with zero attached hydrogens (tertiary/aromatic N) is 4. The van der Waals surface area contributed by atoms with Crippen LogP contribution in [0.15, 0.2) is 358 Å². The molecule has 5 heteroatoms. The molecule has 0 radical (unpaired) electrons. The van der Waals surface area contributed by atoms with Gasteiger partial charge in [0.05, 0.1) is 56.3 Å². The minimum atomic E-state index is 1.09. The molecule has 0 aliphatic carbocycles. The van der Waals surface area contributed by atoms with Crippen LogP contribution >= 0.6 is 22.9 Å². The smallest absolute Gasteiger partial charge is 0.0646 e. The molecule has 2 aromatic heterocycles. The molecule has 0 N–H and O–H groups in total. The number of hydrogen-bond acceptors (Lipinski definition) is 2. The summed E-state index contributed by atoms with van der Waals surface area (Å²) in [5.41, 5.74) is 31.3. The van der Waals surface area contributed by atoms with E-state index in [0.717, 1.165) is 45.4 Å². The van der Waals surface area contributed by atoms with E-state index in [4.69, 9.17) is 0 Å². The maximum Gasteiger partial charge on any atom is 0.0646 e. The maximum absolute atomic E-state index is 2.42. The molecule has 0 spiro atoms. The molecule has 0 saturated carbocycles. The highest BCUT2D eigenvalue weighted by Gasteiger charge is 2.20. The van der Waals surface area contributed by atoms with Crippen LogP contribution in [0.25, 0.3) is 144 Å². The summed E-state index contributed by atoms with van der Waals surface area (Å²) in [4.78, 5) is 2.33. The topological polar surface area (TPSA) is 16.3 Å². The maximum atomic E-state index is 2.42. The highest BCUT2D eigenvalue weighted by Crippen LogP contribution is 2.43. The second-order valence-corrected chi connectivity index (χ2v) is 25.7. The Balaban J connectivity index is 0.731. The van der Waals surface area contributed by atoms with Gasteiger partial charge in [-0.2, -0.15) is 0 Å². The lowest BCUT2D eigenvalue weighted by Gasteiger charge is -2.26. The monoisotopic (exact) mass is 1320 g/mol. The van der Waals surface area contributed by atoms with E-state index in [1.807, 2.05) is 0 Å². The number of benzene rings is 15. The number of aromatic nitrogens is 2. The van der Waals surface area contributed by atoms with E-state index in [2.05, 4.69) is 398 Å². The van der Waals surface area contributed by atoms with Crippen LogP contribution in [0, 0.1) is 0 Å². The highest BCUT2D eigenvalue weighted by molar-refractivity contribution is 14.1. The molecule has 29 rings (SSSR count). The number of rotatable bonds is 3. The number of anilines is 5. The van der Waals surface area contributed by atoms with Gasteiger partial charge < -0.3 is 14.0 Å². The summed E-state index contributed by atoms with van der Waals surface area (Å²) in [6.07, 6.45) is 0. The summed E-state index contributed by atoms with van der Waals surface area (Å²) in [5.74, 6) is 0. The first kappa shape index (κ1) is 56.0. The van der Waals surface area contributed by atoms with E-state index in [-0.39, 0.29) is 0 Å². The van der Waals surface area contributed by atoms with Gasteiger partial charge in [-0.25, -0.2) is 0 Å². The Labute approximate surface area is 566 Å². The van der Waals surface area contributed by atoms with Gasteiger partial charge in [-0.1, -0.05) is 224 Å². The third-order valence-corrected chi connectivity index (χ3v) is 20.3. The third kappa shape index (κ3) is 10.2. The minimum Gasteiger partial charge on any atom is -0.311 e. The molecule has 0 saturated heterocycles. The molecule has 14 heterocycles. The van der Waals surface area contributed by atoms with Crippen molar-refractivity contribution in [2.75, 3.05) is 8.01 Å². The van der Waals surface area contributed by atoms with Crippen LogP contribution in [0.2, 0.25) is 0 Å². The SMILES string of the molecule is IN1c2ccc(cc2)-c2ccc(cc2)-c2ccc(cc2)N(c2ccccc2)c2ccc(cc2)-c2ccc(cc2)-c2ccc3c(c2)c2cc(ccc2n3-c2ccccc2)-c2ccc(cc2)-c2ccc3c(c2)c2cc(ccc2n3-c2ccccc2)-c2ccc(cc2)-c2ccc1cc2. The van der Waals surface area contributed by atoms with E-state index >= 15 is 0 Å². The van der Waals surface area contributed by atoms with E-state index in [0.29, 0.717) is 0 Å². The molecule has 446 valence electrons. The van der Waals surface area contributed by atoms with Crippen molar-refractivity contribution in [2.24, 2.45) is 0 Å². The van der Waals surface area contributed by atoms with Gasteiger partial charge in [-0.05, 0) is 222 Å². The predicted octanol–water partition coefficient (Wildman–Crippen LogP) is 25.5. The Morgan fingerprint density at radius 3 is 0.579 bits per heavy atom. The summed E-state index contributed by atoms with van der Waals surface area (Å²) < 4.78 is 7.04. The molecule has 12 aliphatic rings. The van der Waals surface area contributed by atoms with Crippen LogP contribution in [-0.4, -0.2) is 9.13 Å². The van der Waals surface area contributed by atoms with E-state index in [9.17, 15) is 0 Å². The van der Waals surface area contributed by atoms with Crippen molar-refractivity contribution in [3.05, 3.63) is 358 Å². The van der Waals surface area contributed by atoms with Crippen LogP contribution in [-0.2, 0) is 0 Å². The summed E-state index contributed by atoms with van der Waals surface area (Å²) >= 11 is 2.42. The van der Waals surface area contributed by atoms with Gasteiger partial charge >= 0.3 is 0 Å². The van der Waals surface area contributed by atoms with Gasteiger partial charge in [0.1, 0.15) is 0 Å². The van der Waals surface area contributed by atoms with Crippen molar-refractivity contribution in [1.29, 1.82) is 0 Å². The fraction of sp³-hybridized carbons (Fsp3) is 0. The van der Waals surface area contributed by atoms with Gasteiger partial charge in [0.2, 0.25) is 0 Å². The summed E-state index contributed by atoms with van der Waals surface area (Å²) in [6, 6.07) is 132. The summed E-state index contributed by atoms with van der Waals surface area (Å²) in [6.45, 7) is 0. The fourth-order valence-electron chi connectivity index (χ4n) is 14.2. The normalized spacial score (nSPS) is 12.0. The Bertz CT molecular complexity index is 5690. The quantitative estimate of drug-likeness (QED) is 0.129. The molecular formula is C90H59IN4. The van der Waals surface area contributed by atoms with Crippen molar-refractivity contribution >= 4 is 94.9 Å². The number of para-hydroxylation sites is 3. The summed E-state index contributed by atoms with van der Waals surface area (Å²) in [5, 5.41) is 4.88. The van der Waals surface area contributed by atoms with Gasteiger partial charge in [0.15, 0.2) is 0 Å². The average molecular weight is 1320 g/mol. The number of fused-ring (bicyclic) bond motifs is 2.